The summed E-state index contributed by atoms with van der Waals surface area (Å²) in [7, 11) is 0. The molecule has 0 spiro atoms. The molecule has 0 aliphatic carbocycles. The third-order valence-electron chi connectivity index (χ3n) is 3.00. The van der Waals surface area contributed by atoms with Crippen LogP contribution in [0.1, 0.15) is 20.8 Å². The van der Waals surface area contributed by atoms with Crippen LogP contribution in [0.4, 0.5) is 11.7 Å². The first-order chi connectivity index (χ1) is 11.6. The summed E-state index contributed by atoms with van der Waals surface area (Å²) in [6, 6.07) is 11.7. The van der Waals surface area contributed by atoms with E-state index in [1.54, 1.807) is 42.5 Å². The van der Waals surface area contributed by atoms with Gasteiger partial charge >= 0.3 is 6.01 Å². The van der Waals surface area contributed by atoms with Crippen LogP contribution in [0, 0.1) is 0 Å². The molecule has 0 bridgehead atoms. The Labute approximate surface area is 141 Å². The summed E-state index contributed by atoms with van der Waals surface area (Å²) in [5, 5.41) is 5.19. The molecule has 2 heterocycles. The summed E-state index contributed by atoms with van der Waals surface area (Å²) in [6.45, 7) is 0. The molecule has 7 nitrogen and oxygen atoms in total. The standard InChI is InChI=1S/C16H11ClN4O3/c17-13-11(7-4-8-18-13)19-15(23)12-9-24-16(20-12)21-14(22)10-5-2-1-3-6-10/h1-9H,(H,19,23)(H,20,21,22). The van der Waals surface area contributed by atoms with Gasteiger partial charge in [0.15, 0.2) is 10.8 Å². The monoisotopic (exact) mass is 342 g/mol. The second-order valence-electron chi connectivity index (χ2n) is 4.65. The molecule has 0 atom stereocenters. The molecular formula is C16H11ClN4O3. The van der Waals surface area contributed by atoms with Crippen LogP contribution in [0.5, 0.6) is 0 Å². The van der Waals surface area contributed by atoms with Gasteiger partial charge in [0.2, 0.25) is 0 Å². The lowest BCUT2D eigenvalue weighted by Gasteiger charge is -2.03. The minimum absolute atomic E-state index is 0.00159. The van der Waals surface area contributed by atoms with Crippen molar-refractivity contribution in [2.75, 3.05) is 10.6 Å². The van der Waals surface area contributed by atoms with Crippen LogP contribution in [-0.2, 0) is 0 Å². The van der Waals surface area contributed by atoms with Gasteiger partial charge in [-0.25, -0.2) is 4.98 Å². The number of oxazole rings is 1. The number of rotatable bonds is 4. The number of carbonyl (C=O) groups is 2. The van der Waals surface area contributed by atoms with E-state index in [0.717, 1.165) is 6.26 Å². The topological polar surface area (TPSA) is 97.1 Å². The lowest BCUT2D eigenvalue weighted by atomic mass is 10.2. The van der Waals surface area contributed by atoms with E-state index in [2.05, 4.69) is 20.6 Å². The quantitative estimate of drug-likeness (QED) is 0.709. The fourth-order valence-corrected chi connectivity index (χ4v) is 2.03. The number of benzene rings is 1. The molecule has 0 fully saturated rings. The molecule has 0 unspecified atom stereocenters. The van der Waals surface area contributed by atoms with E-state index in [9.17, 15) is 9.59 Å². The molecule has 120 valence electrons. The van der Waals surface area contributed by atoms with Gasteiger partial charge in [0.05, 0.1) is 5.69 Å². The predicted molar refractivity (Wildman–Crippen MR) is 88.1 cm³/mol. The number of nitrogens with zero attached hydrogens (tertiary/aromatic N) is 2. The zero-order valence-electron chi connectivity index (χ0n) is 12.2. The highest BCUT2D eigenvalue weighted by molar-refractivity contribution is 6.32. The molecular weight excluding hydrogens is 332 g/mol. The molecule has 3 aromatic rings. The Morgan fingerprint density at radius 1 is 1.00 bits per heavy atom. The smallest absolute Gasteiger partial charge is 0.302 e. The zero-order valence-corrected chi connectivity index (χ0v) is 12.9. The number of hydrogen-bond donors (Lipinski definition) is 2. The number of halogens is 1. The van der Waals surface area contributed by atoms with Crippen LogP contribution < -0.4 is 10.6 Å². The Hall–Kier alpha value is -3.19. The second kappa shape index (κ2) is 6.93. The van der Waals surface area contributed by atoms with E-state index in [1.807, 2.05) is 0 Å². The number of carbonyl (C=O) groups excluding carboxylic acids is 2. The summed E-state index contributed by atoms with van der Waals surface area (Å²) in [6.07, 6.45) is 2.64. The Morgan fingerprint density at radius 3 is 2.54 bits per heavy atom. The van der Waals surface area contributed by atoms with Crippen LogP contribution in [0.25, 0.3) is 0 Å². The number of pyridine rings is 1. The molecule has 2 N–H and O–H groups in total. The molecule has 0 aliphatic rings. The molecule has 0 saturated heterocycles. The molecule has 2 aromatic heterocycles. The summed E-state index contributed by atoms with van der Waals surface area (Å²) in [4.78, 5) is 31.9. The average Bonchev–Trinajstić information content (AvgIpc) is 3.06. The largest absolute Gasteiger partial charge is 0.431 e. The molecule has 0 aliphatic heterocycles. The lowest BCUT2D eigenvalue weighted by molar-refractivity contribution is 0.101. The van der Waals surface area contributed by atoms with E-state index in [4.69, 9.17) is 16.0 Å². The summed E-state index contributed by atoms with van der Waals surface area (Å²) < 4.78 is 5.09. The van der Waals surface area contributed by atoms with E-state index >= 15 is 0 Å². The Balaban J connectivity index is 1.68. The van der Waals surface area contributed by atoms with E-state index in [0.29, 0.717) is 11.3 Å². The minimum Gasteiger partial charge on any atom is -0.431 e. The summed E-state index contributed by atoms with van der Waals surface area (Å²) >= 11 is 5.87. The lowest BCUT2D eigenvalue weighted by Crippen LogP contribution is -2.14. The normalized spacial score (nSPS) is 10.2. The Morgan fingerprint density at radius 2 is 1.79 bits per heavy atom. The first-order valence-electron chi connectivity index (χ1n) is 6.87. The predicted octanol–water partition coefficient (Wildman–Crippen LogP) is 3.23. The van der Waals surface area contributed by atoms with Crippen molar-refractivity contribution >= 4 is 35.1 Å². The second-order valence-corrected chi connectivity index (χ2v) is 5.01. The zero-order chi connectivity index (χ0) is 16.9. The van der Waals surface area contributed by atoms with Crippen molar-refractivity contribution in [2.24, 2.45) is 0 Å². The molecule has 1 aromatic carbocycles. The first-order valence-corrected chi connectivity index (χ1v) is 7.25. The van der Waals surface area contributed by atoms with Crippen molar-refractivity contribution in [3.8, 4) is 0 Å². The van der Waals surface area contributed by atoms with Crippen molar-refractivity contribution < 1.29 is 14.0 Å². The molecule has 0 saturated carbocycles. The molecule has 8 heteroatoms. The maximum Gasteiger partial charge on any atom is 0.302 e. The fraction of sp³-hybridized carbons (Fsp3) is 0. The number of anilines is 2. The SMILES string of the molecule is O=C(Nc1nc(C(=O)Nc2cccnc2Cl)co1)c1ccccc1. The fourth-order valence-electron chi connectivity index (χ4n) is 1.86. The van der Waals surface area contributed by atoms with Crippen LogP contribution in [-0.4, -0.2) is 21.8 Å². The highest BCUT2D eigenvalue weighted by atomic mass is 35.5. The van der Waals surface area contributed by atoms with Gasteiger partial charge in [-0.05, 0) is 24.3 Å². The minimum atomic E-state index is -0.533. The average molecular weight is 343 g/mol. The van der Waals surface area contributed by atoms with Gasteiger partial charge in [-0.3, -0.25) is 14.9 Å². The van der Waals surface area contributed by atoms with E-state index in [1.165, 1.54) is 6.20 Å². The van der Waals surface area contributed by atoms with Gasteiger partial charge < -0.3 is 9.73 Å². The maximum absolute atomic E-state index is 12.1. The van der Waals surface area contributed by atoms with Crippen molar-refractivity contribution in [1.29, 1.82) is 0 Å². The van der Waals surface area contributed by atoms with Gasteiger partial charge in [-0.2, -0.15) is 4.98 Å². The van der Waals surface area contributed by atoms with Gasteiger partial charge in [-0.15, -0.1) is 0 Å². The van der Waals surface area contributed by atoms with Gasteiger partial charge in [0.25, 0.3) is 11.8 Å². The number of hydrogen-bond acceptors (Lipinski definition) is 5. The molecule has 24 heavy (non-hydrogen) atoms. The van der Waals surface area contributed by atoms with Crippen LogP contribution in [0.3, 0.4) is 0 Å². The van der Waals surface area contributed by atoms with Crippen LogP contribution in [0.15, 0.2) is 59.3 Å². The van der Waals surface area contributed by atoms with E-state index < -0.39 is 5.91 Å². The van der Waals surface area contributed by atoms with Crippen molar-refractivity contribution in [3.05, 3.63) is 71.3 Å². The van der Waals surface area contributed by atoms with Crippen molar-refractivity contribution in [3.63, 3.8) is 0 Å². The Kier molecular flexibility index (Phi) is 4.53. The summed E-state index contributed by atoms with van der Waals surface area (Å²) in [5.41, 5.74) is 0.796. The molecule has 2 amide bonds. The molecule has 3 rings (SSSR count). The van der Waals surface area contributed by atoms with Crippen LogP contribution in [0.2, 0.25) is 5.15 Å². The van der Waals surface area contributed by atoms with E-state index in [-0.39, 0.29) is 22.8 Å². The van der Waals surface area contributed by atoms with Gasteiger partial charge in [-0.1, -0.05) is 29.8 Å². The number of aromatic nitrogens is 2. The third-order valence-corrected chi connectivity index (χ3v) is 3.30. The highest BCUT2D eigenvalue weighted by Gasteiger charge is 2.16. The maximum atomic E-state index is 12.1. The van der Waals surface area contributed by atoms with Gasteiger partial charge in [0, 0.05) is 11.8 Å². The first kappa shape index (κ1) is 15.7. The Bertz CT molecular complexity index is 880. The van der Waals surface area contributed by atoms with Crippen molar-refractivity contribution in [2.45, 2.75) is 0 Å². The summed E-state index contributed by atoms with van der Waals surface area (Å²) in [5.74, 6) is -0.923. The molecule has 0 radical (unpaired) electrons. The number of nitrogens with one attached hydrogen (secondary N) is 2. The van der Waals surface area contributed by atoms with Gasteiger partial charge in [0.1, 0.15) is 6.26 Å². The number of amides is 2. The van der Waals surface area contributed by atoms with Crippen molar-refractivity contribution in [1.82, 2.24) is 9.97 Å². The third kappa shape index (κ3) is 3.58. The highest BCUT2D eigenvalue weighted by Crippen LogP contribution is 2.19. The van der Waals surface area contributed by atoms with Crippen LogP contribution >= 0.6 is 11.6 Å².